The first-order valence-corrected chi connectivity index (χ1v) is 7.63. The van der Waals surface area contributed by atoms with Crippen LogP contribution in [0.25, 0.3) is 0 Å². The van der Waals surface area contributed by atoms with Crippen LogP contribution >= 0.6 is 0 Å². The van der Waals surface area contributed by atoms with Gasteiger partial charge in [0.25, 0.3) is 0 Å². The summed E-state index contributed by atoms with van der Waals surface area (Å²) in [7, 11) is 1.35. The molecule has 0 aliphatic carbocycles. The number of hydrogen-bond donors (Lipinski definition) is 1. The van der Waals surface area contributed by atoms with Gasteiger partial charge in [-0.1, -0.05) is 12.1 Å². The highest BCUT2D eigenvalue weighted by Gasteiger charge is 2.24. The molecule has 120 valence electrons. The van der Waals surface area contributed by atoms with E-state index in [2.05, 4.69) is 15.2 Å². The SMILES string of the molecule is COC(=O)c1ccc(CNC(=O)C2CCn3nccc3C2)cc1. The molecule has 1 aromatic heterocycles. The number of fused-ring (bicyclic) bond motifs is 1. The van der Waals surface area contributed by atoms with Crippen LogP contribution in [0.2, 0.25) is 0 Å². The summed E-state index contributed by atoms with van der Waals surface area (Å²) < 4.78 is 6.61. The third-order valence-electron chi connectivity index (χ3n) is 4.16. The number of benzene rings is 1. The summed E-state index contributed by atoms with van der Waals surface area (Å²) in [6.45, 7) is 1.24. The van der Waals surface area contributed by atoms with Gasteiger partial charge >= 0.3 is 5.97 Å². The van der Waals surface area contributed by atoms with E-state index in [1.807, 2.05) is 22.9 Å². The fourth-order valence-electron chi connectivity index (χ4n) is 2.80. The minimum Gasteiger partial charge on any atom is -0.465 e. The maximum absolute atomic E-state index is 12.3. The Morgan fingerprint density at radius 3 is 2.83 bits per heavy atom. The van der Waals surface area contributed by atoms with Crippen molar-refractivity contribution in [2.75, 3.05) is 7.11 Å². The van der Waals surface area contributed by atoms with Gasteiger partial charge in [0.2, 0.25) is 5.91 Å². The smallest absolute Gasteiger partial charge is 0.337 e. The molecule has 1 N–H and O–H groups in total. The number of amides is 1. The molecule has 1 atom stereocenters. The van der Waals surface area contributed by atoms with Gasteiger partial charge in [-0.3, -0.25) is 9.48 Å². The highest BCUT2D eigenvalue weighted by molar-refractivity contribution is 5.89. The summed E-state index contributed by atoms with van der Waals surface area (Å²) in [5.41, 5.74) is 2.56. The molecular formula is C17H19N3O3. The molecule has 0 radical (unpaired) electrons. The molecule has 3 rings (SSSR count). The van der Waals surface area contributed by atoms with Crippen molar-refractivity contribution < 1.29 is 14.3 Å². The van der Waals surface area contributed by atoms with E-state index in [0.29, 0.717) is 12.1 Å². The molecule has 1 unspecified atom stereocenters. The lowest BCUT2D eigenvalue weighted by Gasteiger charge is -2.22. The number of carbonyl (C=O) groups excluding carboxylic acids is 2. The lowest BCUT2D eigenvalue weighted by molar-refractivity contribution is -0.125. The molecule has 0 saturated heterocycles. The van der Waals surface area contributed by atoms with Crippen LogP contribution in [0.4, 0.5) is 0 Å². The molecule has 1 aliphatic heterocycles. The van der Waals surface area contributed by atoms with E-state index in [9.17, 15) is 9.59 Å². The topological polar surface area (TPSA) is 73.2 Å². The van der Waals surface area contributed by atoms with Gasteiger partial charge in [-0.05, 0) is 30.2 Å². The molecule has 6 heteroatoms. The minimum atomic E-state index is -0.362. The van der Waals surface area contributed by atoms with Gasteiger partial charge < -0.3 is 10.1 Å². The summed E-state index contributed by atoms with van der Waals surface area (Å²) in [5.74, 6) is -0.303. The van der Waals surface area contributed by atoms with Crippen LogP contribution in [0.1, 0.15) is 28.0 Å². The average Bonchev–Trinajstić information content (AvgIpc) is 3.07. The van der Waals surface area contributed by atoms with E-state index < -0.39 is 0 Å². The number of nitrogens with one attached hydrogen (secondary N) is 1. The lowest BCUT2D eigenvalue weighted by atomic mass is 9.95. The maximum atomic E-state index is 12.3. The van der Waals surface area contributed by atoms with E-state index >= 15 is 0 Å². The summed E-state index contributed by atoms with van der Waals surface area (Å²) in [6, 6.07) is 9.01. The Morgan fingerprint density at radius 2 is 2.09 bits per heavy atom. The van der Waals surface area contributed by atoms with Crippen LogP contribution in [0.5, 0.6) is 0 Å². The Bertz CT molecular complexity index is 706. The van der Waals surface area contributed by atoms with Gasteiger partial charge in [-0.2, -0.15) is 5.10 Å². The second kappa shape index (κ2) is 6.64. The van der Waals surface area contributed by atoms with Crippen LogP contribution in [0, 0.1) is 5.92 Å². The van der Waals surface area contributed by atoms with Crippen LogP contribution in [-0.4, -0.2) is 28.8 Å². The summed E-state index contributed by atoms with van der Waals surface area (Å²) in [4.78, 5) is 23.7. The second-order valence-corrected chi connectivity index (χ2v) is 5.64. The number of esters is 1. The van der Waals surface area contributed by atoms with Crippen molar-refractivity contribution in [1.29, 1.82) is 0 Å². The van der Waals surface area contributed by atoms with E-state index in [1.165, 1.54) is 7.11 Å². The number of methoxy groups -OCH3 is 1. The third-order valence-corrected chi connectivity index (χ3v) is 4.16. The number of hydrogen-bond acceptors (Lipinski definition) is 4. The summed E-state index contributed by atoms with van der Waals surface area (Å²) in [5, 5.41) is 7.19. The number of nitrogens with zero attached hydrogens (tertiary/aromatic N) is 2. The molecule has 1 amide bonds. The van der Waals surface area contributed by atoms with Crippen molar-refractivity contribution in [3.05, 3.63) is 53.3 Å². The van der Waals surface area contributed by atoms with Crippen LogP contribution in [-0.2, 0) is 29.0 Å². The maximum Gasteiger partial charge on any atom is 0.337 e. The minimum absolute atomic E-state index is 0.00598. The van der Waals surface area contributed by atoms with Crippen molar-refractivity contribution in [2.24, 2.45) is 5.92 Å². The van der Waals surface area contributed by atoms with Crippen molar-refractivity contribution in [2.45, 2.75) is 25.9 Å². The van der Waals surface area contributed by atoms with Gasteiger partial charge in [0.1, 0.15) is 0 Å². The molecule has 0 bridgehead atoms. The van der Waals surface area contributed by atoms with Gasteiger partial charge in [-0.25, -0.2) is 4.79 Å². The van der Waals surface area contributed by atoms with Crippen molar-refractivity contribution in [1.82, 2.24) is 15.1 Å². The molecule has 0 spiro atoms. The zero-order valence-electron chi connectivity index (χ0n) is 13.0. The van der Waals surface area contributed by atoms with Crippen LogP contribution in [0.3, 0.4) is 0 Å². The van der Waals surface area contributed by atoms with E-state index in [1.54, 1.807) is 18.3 Å². The van der Waals surface area contributed by atoms with Gasteiger partial charge in [0, 0.05) is 37.3 Å². The third kappa shape index (κ3) is 3.41. The first kappa shape index (κ1) is 15.3. The van der Waals surface area contributed by atoms with Gasteiger partial charge in [0.15, 0.2) is 0 Å². The van der Waals surface area contributed by atoms with E-state index in [0.717, 1.165) is 30.6 Å². The predicted octanol–water partition coefficient (Wildman–Crippen LogP) is 1.55. The molecule has 0 fully saturated rings. The van der Waals surface area contributed by atoms with Gasteiger partial charge in [0.05, 0.1) is 12.7 Å². The fraction of sp³-hybridized carbons (Fsp3) is 0.353. The van der Waals surface area contributed by atoms with Gasteiger partial charge in [-0.15, -0.1) is 0 Å². The first-order valence-electron chi connectivity index (χ1n) is 7.63. The molecule has 1 aromatic carbocycles. The molecule has 23 heavy (non-hydrogen) atoms. The number of ether oxygens (including phenoxy) is 1. The highest BCUT2D eigenvalue weighted by Crippen LogP contribution is 2.19. The zero-order chi connectivity index (χ0) is 16.2. The van der Waals surface area contributed by atoms with E-state index in [4.69, 9.17) is 0 Å². The fourth-order valence-corrected chi connectivity index (χ4v) is 2.80. The number of carbonyl (C=O) groups is 2. The highest BCUT2D eigenvalue weighted by atomic mass is 16.5. The zero-order valence-corrected chi connectivity index (χ0v) is 13.0. The molecule has 2 aromatic rings. The van der Waals surface area contributed by atoms with Crippen molar-refractivity contribution in [3.8, 4) is 0 Å². The molecule has 2 heterocycles. The number of aromatic nitrogens is 2. The van der Waals surface area contributed by atoms with Crippen LogP contribution < -0.4 is 5.32 Å². The Hall–Kier alpha value is -2.63. The number of rotatable bonds is 4. The Morgan fingerprint density at radius 1 is 1.30 bits per heavy atom. The standard InChI is InChI=1S/C17H19N3O3/c1-23-17(22)13-4-2-12(3-5-13)11-18-16(21)14-7-9-20-15(10-14)6-8-19-20/h2-6,8,14H,7,9-11H2,1H3,(H,18,21). The first-order chi connectivity index (χ1) is 11.2. The molecule has 1 aliphatic rings. The second-order valence-electron chi connectivity index (χ2n) is 5.64. The van der Waals surface area contributed by atoms with Crippen LogP contribution in [0.15, 0.2) is 36.5 Å². The Balaban J connectivity index is 1.54. The lowest BCUT2D eigenvalue weighted by Crippen LogP contribution is -2.35. The largest absolute Gasteiger partial charge is 0.465 e. The van der Waals surface area contributed by atoms with E-state index in [-0.39, 0.29) is 17.8 Å². The monoisotopic (exact) mass is 313 g/mol. The summed E-state index contributed by atoms with van der Waals surface area (Å²) in [6.07, 6.45) is 3.31. The predicted molar refractivity (Wildman–Crippen MR) is 83.7 cm³/mol. The number of aryl methyl sites for hydroxylation is 1. The normalized spacial score (nSPS) is 16.5. The Kier molecular flexibility index (Phi) is 4.41. The molecule has 0 saturated carbocycles. The Labute approximate surface area is 134 Å². The van der Waals surface area contributed by atoms with Crippen molar-refractivity contribution in [3.63, 3.8) is 0 Å². The van der Waals surface area contributed by atoms with Crippen molar-refractivity contribution >= 4 is 11.9 Å². The summed E-state index contributed by atoms with van der Waals surface area (Å²) >= 11 is 0. The quantitative estimate of drug-likeness (QED) is 0.869. The average molecular weight is 313 g/mol. The molecule has 6 nitrogen and oxygen atoms in total. The molecular weight excluding hydrogens is 294 g/mol.